The fourth-order valence-electron chi connectivity index (χ4n) is 3.97. The predicted molar refractivity (Wildman–Crippen MR) is 98.2 cm³/mol. The van der Waals surface area contributed by atoms with Crippen molar-refractivity contribution < 1.29 is 0 Å². The lowest BCUT2D eigenvalue weighted by Gasteiger charge is -2.40. The van der Waals surface area contributed by atoms with E-state index >= 15 is 0 Å². The van der Waals surface area contributed by atoms with Gasteiger partial charge in [-0.3, -0.25) is 4.79 Å². The fraction of sp³-hybridized carbons (Fsp3) is 0.421. The van der Waals surface area contributed by atoms with Crippen molar-refractivity contribution in [2.24, 2.45) is 5.92 Å². The molecule has 0 amide bonds. The number of pyridine rings is 1. The number of rotatable bonds is 3. The summed E-state index contributed by atoms with van der Waals surface area (Å²) in [6.45, 7) is 2.41. The highest BCUT2D eigenvalue weighted by atomic mass is 16.1. The molecule has 1 aliphatic heterocycles. The first-order chi connectivity index (χ1) is 12.8. The quantitative estimate of drug-likeness (QED) is 0.715. The van der Waals surface area contributed by atoms with Crippen molar-refractivity contribution in [3.63, 3.8) is 0 Å². The number of aryl methyl sites for hydroxylation is 2. The highest BCUT2D eigenvalue weighted by Gasteiger charge is 2.30. The monoisotopic (exact) mass is 348 g/mol. The molecule has 0 N–H and O–H groups in total. The normalized spacial score (nSPS) is 17.2. The fourth-order valence-corrected chi connectivity index (χ4v) is 3.97. The van der Waals surface area contributed by atoms with Gasteiger partial charge in [-0.05, 0) is 43.4 Å². The van der Waals surface area contributed by atoms with Gasteiger partial charge in [0.25, 0.3) is 5.56 Å². The highest BCUT2D eigenvalue weighted by Crippen LogP contribution is 2.28. The van der Waals surface area contributed by atoms with Crippen LogP contribution >= 0.6 is 0 Å². The van der Waals surface area contributed by atoms with E-state index in [1.54, 1.807) is 23.3 Å². The van der Waals surface area contributed by atoms with Gasteiger partial charge in [-0.15, -0.1) is 0 Å². The summed E-state index contributed by atoms with van der Waals surface area (Å²) in [6, 6.07) is 5.70. The van der Waals surface area contributed by atoms with Gasteiger partial charge in [0, 0.05) is 31.3 Å². The lowest BCUT2D eigenvalue weighted by Crippen LogP contribution is -2.50. The Labute approximate surface area is 150 Å². The first-order valence-corrected chi connectivity index (χ1v) is 9.18. The van der Waals surface area contributed by atoms with Gasteiger partial charge in [0.2, 0.25) is 0 Å². The number of nitrogens with zero attached hydrogens (tertiary/aromatic N) is 6. The summed E-state index contributed by atoms with van der Waals surface area (Å²) in [5, 5.41) is 5.60. The van der Waals surface area contributed by atoms with Gasteiger partial charge in [-0.25, -0.2) is 19.6 Å². The zero-order chi connectivity index (χ0) is 17.5. The van der Waals surface area contributed by atoms with E-state index < -0.39 is 0 Å². The molecular formula is C19H20N6O. The van der Waals surface area contributed by atoms with Gasteiger partial charge < -0.3 is 4.90 Å². The average Bonchev–Trinajstić information content (AvgIpc) is 2.64. The molecule has 7 nitrogen and oxygen atoms in total. The van der Waals surface area contributed by atoms with Gasteiger partial charge in [0.1, 0.15) is 12.1 Å². The Morgan fingerprint density at radius 1 is 1.12 bits per heavy atom. The van der Waals surface area contributed by atoms with E-state index in [1.807, 2.05) is 12.1 Å². The number of fused-ring (bicyclic) bond motifs is 2. The van der Waals surface area contributed by atoms with E-state index in [0.717, 1.165) is 54.8 Å². The summed E-state index contributed by atoms with van der Waals surface area (Å²) in [5.41, 5.74) is 3.00. The van der Waals surface area contributed by atoms with E-state index in [0.29, 0.717) is 18.1 Å². The van der Waals surface area contributed by atoms with Crippen LogP contribution in [0, 0.1) is 5.92 Å². The lowest BCUT2D eigenvalue weighted by molar-refractivity contribution is 0.330. The number of hydrogen-bond donors (Lipinski definition) is 0. The van der Waals surface area contributed by atoms with E-state index in [2.05, 4.69) is 25.0 Å². The Morgan fingerprint density at radius 2 is 2.00 bits per heavy atom. The van der Waals surface area contributed by atoms with Crippen LogP contribution < -0.4 is 10.5 Å². The van der Waals surface area contributed by atoms with Crippen molar-refractivity contribution in [1.29, 1.82) is 0 Å². The molecule has 132 valence electrons. The smallest absolute Gasteiger partial charge is 0.267 e. The molecule has 3 aromatic heterocycles. The summed E-state index contributed by atoms with van der Waals surface area (Å²) in [7, 11) is 0. The first kappa shape index (κ1) is 15.4. The summed E-state index contributed by atoms with van der Waals surface area (Å²) in [6.07, 6.45) is 7.62. The Hall–Kier alpha value is -2.83. The molecule has 1 fully saturated rings. The molecular weight excluding hydrogens is 328 g/mol. The topological polar surface area (TPSA) is 76.8 Å². The maximum atomic E-state index is 12.4. The molecule has 0 unspecified atom stereocenters. The Morgan fingerprint density at radius 3 is 2.92 bits per heavy atom. The van der Waals surface area contributed by atoms with Crippen LogP contribution in [0.3, 0.4) is 0 Å². The van der Waals surface area contributed by atoms with Gasteiger partial charge in [-0.1, -0.05) is 0 Å². The van der Waals surface area contributed by atoms with Gasteiger partial charge in [0.05, 0.1) is 17.6 Å². The molecule has 1 aliphatic carbocycles. The molecule has 26 heavy (non-hydrogen) atoms. The third kappa shape index (κ3) is 2.64. The molecule has 0 aromatic carbocycles. The summed E-state index contributed by atoms with van der Waals surface area (Å²) >= 11 is 0. The Bertz CT molecular complexity index is 1020. The standard InChI is InChI=1S/C19H20N6O/c26-17-8-14-4-1-2-6-16(14)23-25(17)11-13-9-24(10-13)19-15-5-3-7-20-18(15)21-12-22-19/h3,5,7-8,12-13H,1-2,4,6,9-11H2. The third-order valence-electron chi connectivity index (χ3n) is 5.35. The molecule has 5 rings (SSSR count). The second-order valence-corrected chi connectivity index (χ2v) is 7.19. The van der Waals surface area contributed by atoms with E-state index in [1.165, 1.54) is 6.42 Å². The van der Waals surface area contributed by atoms with Crippen molar-refractivity contribution in [3.8, 4) is 0 Å². The molecule has 0 radical (unpaired) electrons. The minimum atomic E-state index is 0.0285. The van der Waals surface area contributed by atoms with Crippen LogP contribution in [-0.2, 0) is 19.4 Å². The minimum absolute atomic E-state index is 0.0285. The van der Waals surface area contributed by atoms with Crippen molar-refractivity contribution in [2.45, 2.75) is 32.2 Å². The summed E-state index contributed by atoms with van der Waals surface area (Å²) < 4.78 is 1.66. The van der Waals surface area contributed by atoms with Crippen molar-refractivity contribution in [2.75, 3.05) is 18.0 Å². The molecule has 0 spiro atoms. The molecule has 4 heterocycles. The SMILES string of the molecule is O=c1cc2c(nn1CC1CN(c3ncnc4ncccc34)C1)CCCC2. The Kier molecular flexibility index (Phi) is 3.65. The highest BCUT2D eigenvalue weighted by molar-refractivity contribution is 5.86. The summed E-state index contributed by atoms with van der Waals surface area (Å²) in [5.74, 6) is 1.33. The van der Waals surface area contributed by atoms with Gasteiger partial charge in [0.15, 0.2) is 5.65 Å². The van der Waals surface area contributed by atoms with Crippen LogP contribution in [0.25, 0.3) is 11.0 Å². The van der Waals surface area contributed by atoms with Crippen LogP contribution in [-0.4, -0.2) is 37.8 Å². The van der Waals surface area contributed by atoms with Crippen molar-refractivity contribution >= 4 is 16.9 Å². The molecule has 1 saturated heterocycles. The Balaban J connectivity index is 1.32. The molecule has 7 heteroatoms. The maximum absolute atomic E-state index is 12.4. The van der Waals surface area contributed by atoms with Crippen LogP contribution in [0.5, 0.6) is 0 Å². The lowest BCUT2D eigenvalue weighted by atomic mass is 9.96. The van der Waals surface area contributed by atoms with E-state index in [-0.39, 0.29) is 5.56 Å². The molecule has 0 saturated carbocycles. The average molecular weight is 348 g/mol. The third-order valence-corrected chi connectivity index (χ3v) is 5.35. The number of hydrogen-bond acceptors (Lipinski definition) is 6. The maximum Gasteiger partial charge on any atom is 0.267 e. The molecule has 0 bridgehead atoms. The second-order valence-electron chi connectivity index (χ2n) is 7.19. The van der Waals surface area contributed by atoms with Crippen LogP contribution in [0.2, 0.25) is 0 Å². The second kappa shape index (κ2) is 6.16. The molecule has 3 aromatic rings. The van der Waals surface area contributed by atoms with Gasteiger partial charge in [-0.2, -0.15) is 5.10 Å². The largest absolute Gasteiger partial charge is 0.355 e. The van der Waals surface area contributed by atoms with E-state index in [9.17, 15) is 4.79 Å². The van der Waals surface area contributed by atoms with Gasteiger partial charge >= 0.3 is 0 Å². The van der Waals surface area contributed by atoms with Crippen LogP contribution in [0.1, 0.15) is 24.1 Å². The number of aromatic nitrogens is 5. The van der Waals surface area contributed by atoms with Crippen molar-refractivity contribution in [3.05, 3.63) is 52.3 Å². The summed E-state index contributed by atoms with van der Waals surface area (Å²) in [4.78, 5) is 27.5. The first-order valence-electron chi connectivity index (χ1n) is 9.18. The van der Waals surface area contributed by atoms with Crippen LogP contribution in [0.4, 0.5) is 5.82 Å². The number of anilines is 1. The zero-order valence-corrected chi connectivity index (χ0v) is 14.5. The van der Waals surface area contributed by atoms with Crippen LogP contribution in [0.15, 0.2) is 35.5 Å². The molecule has 2 aliphatic rings. The van der Waals surface area contributed by atoms with E-state index in [4.69, 9.17) is 0 Å². The molecule has 0 atom stereocenters. The minimum Gasteiger partial charge on any atom is -0.355 e. The van der Waals surface area contributed by atoms with Crippen molar-refractivity contribution in [1.82, 2.24) is 24.7 Å². The zero-order valence-electron chi connectivity index (χ0n) is 14.5. The predicted octanol–water partition coefficient (Wildman–Crippen LogP) is 1.60.